The van der Waals surface area contributed by atoms with Gasteiger partial charge in [-0.3, -0.25) is 0 Å². The first-order valence-electron chi connectivity index (χ1n) is 6.61. The molecule has 1 heterocycles. The van der Waals surface area contributed by atoms with Crippen LogP contribution < -0.4 is 4.72 Å². The van der Waals surface area contributed by atoms with E-state index >= 15 is 0 Å². The molecule has 0 spiro atoms. The van der Waals surface area contributed by atoms with Crippen LogP contribution in [0.1, 0.15) is 36.3 Å². The van der Waals surface area contributed by atoms with Crippen LogP contribution in [0.15, 0.2) is 10.5 Å². The lowest BCUT2D eigenvalue weighted by Crippen LogP contribution is -2.34. The van der Waals surface area contributed by atoms with Gasteiger partial charge in [0, 0.05) is 24.4 Å². The van der Waals surface area contributed by atoms with Gasteiger partial charge in [-0.05, 0) is 32.8 Å². The minimum absolute atomic E-state index is 0.0732. The highest BCUT2D eigenvalue weighted by molar-refractivity contribution is 7.89. The van der Waals surface area contributed by atoms with Crippen molar-refractivity contribution in [1.82, 2.24) is 4.72 Å². The molecule has 114 valence electrons. The molecule has 1 aromatic heterocycles. The number of alkyl halides is 2. The summed E-state index contributed by atoms with van der Waals surface area (Å²) in [6.07, 6.45) is 0.429. The highest BCUT2D eigenvalue weighted by Gasteiger charge is 2.45. The van der Waals surface area contributed by atoms with Gasteiger partial charge >= 0.3 is 0 Å². The van der Waals surface area contributed by atoms with Gasteiger partial charge in [-0.1, -0.05) is 0 Å². The molecule has 20 heavy (non-hydrogen) atoms. The van der Waals surface area contributed by atoms with Gasteiger partial charge in [-0.25, -0.2) is 21.9 Å². The fourth-order valence-electron chi connectivity index (χ4n) is 2.58. The molecular weight excluding hydrogens is 288 g/mol. The lowest BCUT2D eigenvalue weighted by molar-refractivity contribution is -0.0288. The van der Waals surface area contributed by atoms with Crippen molar-refractivity contribution in [2.24, 2.45) is 5.92 Å². The van der Waals surface area contributed by atoms with E-state index in [-0.39, 0.29) is 19.4 Å². The maximum Gasteiger partial charge on any atom is 0.251 e. The molecule has 1 fully saturated rings. The Morgan fingerprint density at radius 2 is 2.15 bits per heavy atom. The molecule has 0 saturated heterocycles. The average molecular weight is 307 g/mol. The predicted octanol–water partition coefficient (Wildman–Crippen LogP) is 2.75. The Bertz CT molecular complexity index is 580. The number of halogens is 2. The summed E-state index contributed by atoms with van der Waals surface area (Å²) in [7, 11) is -3.71. The van der Waals surface area contributed by atoms with Crippen molar-refractivity contribution in [2.75, 3.05) is 5.75 Å². The van der Waals surface area contributed by atoms with E-state index in [9.17, 15) is 17.2 Å². The van der Waals surface area contributed by atoms with E-state index in [1.165, 1.54) is 0 Å². The standard InChI is InChI=1S/C13H19F2NO3S/c1-9-6-11(10(2)19-9)7-16-20(17,18)8-12-4-3-5-13(12,14)15/h6,12,16H,3-5,7-8H2,1-2H3. The van der Waals surface area contributed by atoms with Crippen LogP contribution in [0.2, 0.25) is 0 Å². The van der Waals surface area contributed by atoms with Crippen LogP contribution in [0.25, 0.3) is 0 Å². The van der Waals surface area contributed by atoms with E-state index < -0.39 is 27.6 Å². The van der Waals surface area contributed by atoms with E-state index in [1.807, 2.05) is 0 Å². The summed E-state index contributed by atoms with van der Waals surface area (Å²) in [5.41, 5.74) is 0.726. The van der Waals surface area contributed by atoms with Crippen LogP contribution in [0, 0.1) is 19.8 Å². The first kappa shape index (κ1) is 15.4. The van der Waals surface area contributed by atoms with Crippen molar-refractivity contribution >= 4 is 10.0 Å². The Hall–Kier alpha value is -0.950. The molecule has 1 aliphatic rings. The normalized spacial score (nSPS) is 22.3. The molecule has 0 amide bonds. The number of hydrogen-bond donors (Lipinski definition) is 1. The van der Waals surface area contributed by atoms with Crippen molar-refractivity contribution in [3.63, 3.8) is 0 Å². The zero-order valence-electron chi connectivity index (χ0n) is 11.6. The smallest absolute Gasteiger partial charge is 0.251 e. The monoisotopic (exact) mass is 307 g/mol. The predicted molar refractivity (Wildman–Crippen MR) is 71.1 cm³/mol. The largest absolute Gasteiger partial charge is 0.466 e. The van der Waals surface area contributed by atoms with Crippen molar-refractivity contribution in [1.29, 1.82) is 0 Å². The lowest BCUT2D eigenvalue weighted by atomic mass is 10.1. The number of hydrogen-bond acceptors (Lipinski definition) is 3. The summed E-state index contributed by atoms with van der Waals surface area (Å²) in [5.74, 6) is -3.13. The maximum atomic E-state index is 13.5. The van der Waals surface area contributed by atoms with E-state index in [1.54, 1.807) is 19.9 Å². The van der Waals surface area contributed by atoms with Crippen LogP contribution >= 0.6 is 0 Å². The van der Waals surface area contributed by atoms with Crippen molar-refractivity contribution in [2.45, 2.75) is 45.6 Å². The topological polar surface area (TPSA) is 59.3 Å². The van der Waals surface area contributed by atoms with Gasteiger partial charge in [0.2, 0.25) is 10.0 Å². The fourth-order valence-corrected chi connectivity index (χ4v) is 4.01. The first-order valence-corrected chi connectivity index (χ1v) is 8.26. The van der Waals surface area contributed by atoms with Gasteiger partial charge in [0.05, 0.1) is 5.75 Å². The van der Waals surface area contributed by atoms with E-state index in [0.717, 1.165) is 5.56 Å². The first-order chi connectivity index (χ1) is 9.20. The molecule has 0 radical (unpaired) electrons. The highest BCUT2D eigenvalue weighted by atomic mass is 32.2. The summed E-state index contributed by atoms with van der Waals surface area (Å²) in [5, 5.41) is 0. The van der Waals surface area contributed by atoms with Crippen LogP contribution in [0.5, 0.6) is 0 Å². The van der Waals surface area contributed by atoms with Crippen LogP contribution in [0.3, 0.4) is 0 Å². The summed E-state index contributed by atoms with van der Waals surface area (Å²) < 4.78 is 58.4. The summed E-state index contributed by atoms with van der Waals surface area (Å²) in [6.45, 7) is 3.58. The zero-order chi connectivity index (χ0) is 15.0. The molecule has 1 N–H and O–H groups in total. The second kappa shape index (κ2) is 5.44. The number of sulfonamides is 1. The SMILES string of the molecule is Cc1cc(CNS(=O)(=O)CC2CCCC2(F)F)c(C)o1. The maximum absolute atomic E-state index is 13.5. The van der Waals surface area contributed by atoms with Crippen LogP contribution in [-0.4, -0.2) is 20.1 Å². The van der Waals surface area contributed by atoms with Gasteiger partial charge in [-0.15, -0.1) is 0 Å². The molecule has 1 saturated carbocycles. The number of furan rings is 1. The van der Waals surface area contributed by atoms with E-state index in [4.69, 9.17) is 4.42 Å². The average Bonchev–Trinajstić information content (AvgIpc) is 2.79. The summed E-state index contributed by atoms with van der Waals surface area (Å²) in [6, 6.07) is 1.74. The number of aryl methyl sites for hydroxylation is 2. The molecule has 0 aromatic carbocycles. The van der Waals surface area contributed by atoms with Crippen LogP contribution in [0.4, 0.5) is 8.78 Å². The molecule has 1 atom stereocenters. The lowest BCUT2D eigenvalue weighted by Gasteiger charge is -2.18. The third kappa shape index (κ3) is 3.58. The zero-order valence-corrected chi connectivity index (χ0v) is 12.4. The minimum Gasteiger partial charge on any atom is -0.466 e. The third-order valence-electron chi connectivity index (χ3n) is 3.71. The molecule has 1 aromatic rings. The Balaban J connectivity index is 1.96. The van der Waals surface area contributed by atoms with Gasteiger partial charge in [0.1, 0.15) is 11.5 Å². The molecule has 1 aliphatic carbocycles. The molecule has 0 aliphatic heterocycles. The number of rotatable bonds is 5. The molecule has 4 nitrogen and oxygen atoms in total. The Morgan fingerprint density at radius 1 is 1.45 bits per heavy atom. The van der Waals surface area contributed by atoms with Gasteiger partial charge in [0.15, 0.2) is 0 Å². The van der Waals surface area contributed by atoms with Crippen molar-refractivity contribution in [3.05, 3.63) is 23.2 Å². The molecular formula is C13H19F2NO3S. The summed E-state index contributed by atoms with van der Waals surface area (Å²) in [4.78, 5) is 0. The fraction of sp³-hybridized carbons (Fsp3) is 0.692. The minimum atomic E-state index is -3.71. The van der Waals surface area contributed by atoms with Gasteiger partial charge in [0.25, 0.3) is 5.92 Å². The summed E-state index contributed by atoms with van der Waals surface area (Å²) >= 11 is 0. The second-order valence-electron chi connectivity index (χ2n) is 5.39. The van der Waals surface area contributed by atoms with Crippen LogP contribution in [-0.2, 0) is 16.6 Å². The molecule has 1 unspecified atom stereocenters. The Labute approximate surface area is 117 Å². The second-order valence-corrected chi connectivity index (χ2v) is 7.24. The highest BCUT2D eigenvalue weighted by Crippen LogP contribution is 2.40. The van der Waals surface area contributed by atoms with Crippen molar-refractivity contribution in [3.8, 4) is 0 Å². The molecule has 2 rings (SSSR count). The van der Waals surface area contributed by atoms with E-state index in [0.29, 0.717) is 17.9 Å². The Morgan fingerprint density at radius 3 is 2.65 bits per heavy atom. The van der Waals surface area contributed by atoms with Gasteiger partial charge < -0.3 is 4.42 Å². The molecule has 0 bridgehead atoms. The van der Waals surface area contributed by atoms with Gasteiger partial charge in [-0.2, -0.15) is 0 Å². The third-order valence-corrected chi connectivity index (χ3v) is 5.13. The quantitative estimate of drug-likeness (QED) is 0.910. The number of nitrogens with one attached hydrogen (secondary N) is 1. The van der Waals surface area contributed by atoms with Crippen molar-refractivity contribution < 1.29 is 21.6 Å². The Kier molecular flexibility index (Phi) is 4.20. The molecule has 7 heteroatoms. The van der Waals surface area contributed by atoms with E-state index in [2.05, 4.69) is 4.72 Å².